The molecule has 1 aliphatic rings. The molecule has 19 heavy (non-hydrogen) atoms. The van der Waals surface area contributed by atoms with Crippen molar-refractivity contribution in [3.8, 4) is 0 Å². The summed E-state index contributed by atoms with van der Waals surface area (Å²) in [6.45, 7) is 3.78. The van der Waals surface area contributed by atoms with Crippen molar-refractivity contribution >= 4 is 50.7 Å². The van der Waals surface area contributed by atoms with Gasteiger partial charge in [0.2, 0.25) is 5.91 Å². The van der Waals surface area contributed by atoms with Crippen molar-refractivity contribution in [1.29, 1.82) is 0 Å². The third-order valence-electron chi connectivity index (χ3n) is 3.19. The van der Waals surface area contributed by atoms with Crippen molar-refractivity contribution in [2.75, 3.05) is 0 Å². The molecular formula is C12H13BrClNO3S. The molecule has 1 aromatic rings. The Bertz CT molecular complexity index is 512. The van der Waals surface area contributed by atoms with E-state index < -0.39 is 17.9 Å². The van der Waals surface area contributed by atoms with Gasteiger partial charge in [-0.3, -0.25) is 9.59 Å². The maximum atomic E-state index is 12.0. The second-order valence-corrected chi connectivity index (χ2v) is 7.30. The second-order valence-electron chi connectivity index (χ2n) is 4.76. The maximum Gasteiger partial charge on any atom is 0.309 e. The molecule has 0 radical (unpaired) electrons. The molecule has 1 N–H and O–H groups in total. The zero-order chi connectivity index (χ0) is 14.3. The minimum absolute atomic E-state index is 0.0403. The summed E-state index contributed by atoms with van der Waals surface area (Å²) in [5.74, 6) is -1.77. The van der Waals surface area contributed by atoms with E-state index in [9.17, 15) is 14.7 Å². The fourth-order valence-corrected chi connectivity index (χ4v) is 4.33. The van der Waals surface area contributed by atoms with Gasteiger partial charge in [0.15, 0.2) is 0 Å². The van der Waals surface area contributed by atoms with Crippen molar-refractivity contribution in [2.45, 2.75) is 32.4 Å². The van der Waals surface area contributed by atoms with Crippen LogP contribution in [0.15, 0.2) is 10.5 Å². The molecule has 0 aliphatic carbocycles. The van der Waals surface area contributed by atoms with Crippen molar-refractivity contribution in [3.05, 3.63) is 19.8 Å². The largest absolute Gasteiger partial charge is 0.481 e. The van der Waals surface area contributed by atoms with Crippen molar-refractivity contribution in [1.82, 2.24) is 4.90 Å². The molecule has 1 aromatic heterocycles. The number of thiophene rings is 1. The van der Waals surface area contributed by atoms with Gasteiger partial charge in [-0.15, -0.1) is 11.3 Å². The van der Waals surface area contributed by atoms with Crippen LogP contribution in [-0.4, -0.2) is 27.9 Å². The highest BCUT2D eigenvalue weighted by Gasteiger charge is 2.46. The van der Waals surface area contributed by atoms with E-state index in [-0.39, 0.29) is 18.4 Å². The van der Waals surface area contributed by atoms with Crippen LogP contribution in [0.5, 0.6) is 0 Å². The lowest BCUT2D eigenvalue weighted by Crippen LogP contribution is -2.35. The SMILES string of the molecule is CC(C)N1C(=O)CC(C(=O)O)C1c1cc(Br)c(Cl)s1. The molecule has 1 aliphatic heterocycles. The van der Waals surface area contributed by atoms with E-state index in [0.717, 1.165) is 9.35 Å². The van der Waals surface area contributed by atoms with E-state index in [0.29, 0.717) is 4.34 Å². The number of hydrogen-bond donors (Lipinski definition) is 1. The zero-order valence-corrected chi connectivity index (χ0v) is 13.6. The van der Waals surface area contributed by atoms with Crippen LogP contribution in [-0.2, 0) is 9.59 Å². The van der Waals surface area contributed by atoms with Crippen LogP contribution in [0.3, 0.4) is 0 Å². The van der Waals surface area contributed by atoms with Gasteiger partial charge in [0, 0.05) is 21.8 Å². The topological polar surface area (TPSA) is 57.6 Å². The van der Waals surface area contributed by atoms with Gasteiger partial charge >= 0.3 is 5.97 Å². The first kappa shape index (κ1) is 14.8. The Labute approximate surface area is 128 Å². The standard InChI is InChI=1S/C12H13BrClNO3S/c1-5(2)15-9(16)3-6(12(17)18)10(15)8-4-7(13)11(14)19-8/h4-6,10H,3H2,1-2H3,(H,17,18). The lowest BCUT2D eigenvalue weighted by Gasteiger charge is -2.29. The first-order valence-electron chi connectivity index (χ1n) is 5.81. The smallest absolute Gasteiger partial charge is 0.309 e. The first-order chi connectivity index (χ1) is 8.82. The highest BCUT2D eigenvalue weighted by atomic mass is 79.9. The number of likely N-dealkylation sites (tertiary alicyclic amines) is 1. The van der Waals surface area contributed by atoms with Gasteiger partial charge < -0.3 is 10.0 Å². The molecule has 0 saturated carbocycles. The lowest BCUT2D eigenvalue weighted by atomic mass is 9.99. The van der Waals surface area contributed by atoms with E-state index >= 15 is 0 Å². The van der Waals surface area contributed by atoms with Gasteiger partial charge in [-0.2, -0.15) is 0 Å². The number of carboxylic acids is 1. The molecule has 2 heterocycles. The Morgan fingerprint density at radius 1 is 1.63 bits per heavy atom. The highest BCUT2D eigenvalue weighted by Crippen LogP contribution is 2.45. The minimum Gasteiger partial charge on any atom is -0.481 e. The van der Waals surface area contributed by atoms with Crippen LogP contribution < -0.4 is 0 Å². The Kier molecular flexibility index (Phi) is 4.23. The van der Waals surface area contributed by atoms with E-state index in [1.54, 1.807) is 4.90 Å². The van der Waals surface area contributed by atoms with Crippen LogP contribution in [0, 0.1) is 5.92 Å². The summed E-state index contributed by atoms with van der Waals surface area (Å²) in [7, 11) is 0. The summed E-state index contributed by atoms with van der Waals surface area (Å²) in [4.78, 5) is 25.9. The second kappa shape index (κ2) is 5.42. The quantitative estimate of drug-likeness (QED) is 0.890. The van der Waals surface area contributed by atoms with Crippen LogP contribution in [0.1, 0.15) is 31.2 Å². The number of amides is 1. The monoisotopic (exact) mass is 365 g/mol. The van der Waals surface area contributed by atoms with E-state index in [1.165, 1.54) is 11.3 Å². The molecule has 1 saturated heterocycles. The van der Waals surface area contributed by atoms with Crippen LogP contribution in [0.25, 0.3) is 0 Å². The summed E-state index contributed by atoms with van der Waals surface area (Å²) in [5, 5.41) is 9.32. The van der Waals surface area contributed by atoms with Gasteiger partial charge in [-0.05, 0) is 35.8 Å². The number of halogens is 2. The highest BCUT2D eigenvalue weighted by molar-refractivity contribution is 9.10. The molecule has 0 aromatic carbocycles. The van der Waals surface area contributed by atoms with Crippen molar-refractivity contribution < 1.29 is 14.7 Å². The van der Waals surface area contributed by atoms with Crippen LogP contribution in [0.2, 0.25) is 4.34 Å². The number of carboxylic acid groups (broad SMARTS) is 1. The molecule has 1 fully saturated rings. The predicted octanol–water partition coefficient (Wildman–Crippen LogP) is 3.55. The lowest BCUT2D eigenvalue weighted by molar-refractivity contribution is -0.142. The van der Waals surface area contributed by atoms with Gasteiger partial charge in [0.05, 0.1) is 12.0 Å². The average molecular weight is 367 g/mol. The van der Waals surface area contributed by atoms with E-state index in [2.05, 4.69) is 15.9 Å². The van der Waals surface area contributed by atoms with Gasteiger partial charge in [0.25, 0.3) is 0 Å². The van der Waals surface area contributed by atoms with Crippen LogP contribution >= 0.6 is 38.9 Å². The summed E-state index contributed by atoms with van der Waals surface area (Å²) < 4.78 is 1.31. The Morgan fingerprint density at radius 3 is 2.68 bits per heavy atom. The molecule has 104 valence electrons. The predicted molar refractivity (Wildman–Crippen MR) is 77.5 cm³/mol. The summed E-state index contributed by atoms with van der Waals surface area (Å²) in [6, 6.07) is 1.34. The Hall–Kier alpha value is -0.590. The molecular weight excluding hydrogens is 354 g/mol. The summed E-state index contributed by atoms with van der Waals surface area (Å²) in [5.41, 5.74) is 0. The molecule has 0 bridgehead atoms. The number of carbonyl (C=O) groups excluding carboxylic acids is 1. The molecule has 0 spiro atoms. The molecule has 1 amide bonds. The van der Waals surface area contributed by atoms with Crippen LogP contribution in [0.4, 0.5) is 0 Å². The third kappa shape index (κ3) is 2.66. The normalized spacial score (nSPS) is 23.4. The number of hydrogen-bond acceptors (Lipinski definition) is 3. The number of aliphatic carboxylic acids is 1. The fraction of sp³-hybridized carbons (Fsp3) is 0.500. The molecule has 4 nitrogen and oxygen atoms in total. The molecule has 2 unspecified atom stereocenters. The van der Waals surface area contributed by atoms with Gasteiger partial charge in [-0.25, -0.2) is 0 Å². The average Bonchev–Trinajstić information content (AvgIpc) is 2.80. The number of nitrogens with zero attached hydrogens (tertiary/aromatic N) is 1. The fourth-order valence-electron chi connectivity index (χ4n) is 2.43. The first-order valence-corrected chi connectivity index (χ1v) is 7.80. The maximum absolute atomic E-state index is 12.0. The zero-order valence-electron chi connectivity index (χ0n) is 10.4. The number of rotatable bonds is 3. The van der Waals surface area contributed by atoms with Gasteiger partial charge in [-0.1, -0.05) is 11.6 Å². The minimum atomic E-state index is -0.942. The van der Waals surface area contributed by atoms with Crippen molar-refractivity contribution in [3.63, 3.8) is 0 Å². The Morgan fingerprint density at radius 2 is 2.26 bits per heavy atom. The summed E-state index contributed by atoms with van der Waals surface area (Å²) in [6.07, 6.45) is 0.0469. The van der Waals surface area contributed by atoms with E-state index in [4.69, 9.17) is 11.6 Å². The molecule has 7 heteroatoms. The Balaban J connectivity index is 2.46. The van der Waals surface area contributed by atoms with E-state index in [1.807, 2.05) is 19.9 Å². The summed E-state index contributed by atoms with van der Waals surface area (Å²) >= 11 is 10.7. The van der Waals surface area contributed by atoms with Crippen molar-refractivity contribution in [2.24, 2.45) is 5.92 Å². The molecule has 2 rings (SSSR count). The molecule has 2 atom stereocenters. The third-order valence-corrected chi connectivity index (χ3v) is 5.74. The van der Waals surface area contributed by atoms with Gasteiger partial charge in [0.1, 0.15) is 4.34 Å². The number of carbonyl (C=O) groups is 2.